The number of nitrogens with zero attached hydrogens (tertiary/aromatic N) is 2. The van der Waals surface area contributed by atoms with E-state index in [0.717, 1.165) is 9.26 Å². The number of aromatic nitrogens is 2. The number of ether oxygens (including phenoxy) is 2. The molecule has 6 heteroatoms. The van der Waals surface area contributed by atoms with Crippen molar-refractivity contribution in [1.82, 2.24) is 9.97 Å². The van der Waals surface area contributed by atoms with Crippen LogP contribution in [0.2, 0.25) is 5.15 Å². The second-order valence-electron chi connectivity index (χ2n) is 3.98. The number of methoxy groups -OCH3 is 1. The van der Waals surface area contributed by atoms with E-state index in [4.69, 9.17) is 21.1 Å². The number of rotatable bonds is 5. The Morgan fingerprint density at radius 2 is 2.00 bits per heavy atom. The maximum Gasteiger partial charge on any atom is 0.161 e. The summed E-state index contributed by atoms with van der Waals surface area (Å²) in [6.45, 7) is 6.79. The molecule has 0 aliphatic rings. The van der Waals surface area contributed by atoms with E-state index >= 15 is 0 Å². The Kier molecular flexibility index (Phi) is 5.56. The lowest BCUT2D eigenvalue weighted by molar-refractivity contribution is -0.0212. The molecule has 0 unspecified atom stereocenters. The van der Waals surface area contributed by atoms with Crippen molar-refractivity contribution < 1.29 is 9.47 Å². The lowest BCUT2D eigenvalue weighted by Gasteiger charge is -2.23. The Labute approximate surface area is 120 Å². The predicted molar refractivity (Wildman–Crippen MR) is 75.1 cm³/mol. The Morgan fingerprint density at radius 1 is 1.35 bits per heavy atom. The molecule has 0 aromatic carbocycles. The second-order valence-corrected chi connectivity index (χ2v) is 5.41. The largest absolute Gasteiger partial charge is 0.378 e. The predicted octanol–water partition coefficient (Wildman–Crippen LogP) is 3.15. The minimum Gasteiger partial charge on any atom is -0.378 e. The highest BCUT2D eigenvalue weighted by Crippen LogP contribution is 2.26. The van der Waals surface area contributed by atoms with E-state index < -0.39 is 5.60 Å². The molecule has 4 nitrogen and oxygen atoms in total. The molecule has 0 spiro atoms. The van der Waals surface area contributed by atoms with Crippen LogP contribution in [0.15, 0.2) is 0 Å². The van der Waals surface area contributed by atoms with Crippen LogP contribution < -0.4 is 0 Å². The molecule has 1 rings (SSSR count). The minimum absolute atomic E-state index is 0.412. The zero-order chi connectivity index (χ0) is 13.1. The van der Waals surface area contributed by atoms with E-state index in [1.165, 1.54) is 0 Å². The van der Waals surface area contributed by atoms with Crippen LogP contribution in [0.25, 0.3) is 0 Å². The van der Waals surface area contributed by atoms with Crippen molar-refractivity contribution in [2.45, 2.75) is 33.0 Å². The Hall–Kier alpha value is 0.0200. The summed E-state index contributed by atoms with van der Waals surface area (Å²) in [5.41, 5.74) is 0.237. The van der Waals surface area contributed by atoms with Gasteiger partial charge >= 0.3 is 0 Å². The molecule has 17 heavy (non-hydrogen) atoms. The molecule has 0 saturated heterocycles. The molecule has 96 valence electrons. The third-order valence-electron chi connectivity index (χ3n) is 2.20. The van der Waals surface area contributed by atoms with Gasteiger partial charge in [0.2, 0.25) is 0 Å². The molecule has 1 aromatic rings. The first-order valence-electron chi connectivity index (χ1n) is 5.27. The van der Waals surface area contributed by atoms with Crippen LogP contribution in [0.4, 0.5) is 0 Å². The van der Waals surface area contributed by atoms with Gasteiger partial charge in [-0.2, -0.15) is 0 Å². The lowest BCUT2D eigenvalue weighted by atomic mass is 10.1. The van der Waals surface area contributed by atoms with Crippen LogP contribution in [0.1, 0.15) is 32.3 Å². The van der Waals surface area contributed by atoms with Gasteiger partial charge in [-0.15, -0.1) is 0 Å². The van der Waals surface area contributed by atoms with Gasteiger partial charge in [0, 0.05) is 13.7 Å². The van der Waals surface area contributed by atoms with Gasteiger partial charge < -0.3 is 9.47 Å². The third-order valence-corrected chi connectivity index (χ3v) is 3.93. The Balaban J connectivity index is 3.17. The van der Waals surface area contributed by atoms with Crippen molar-refractivity contribution in [2.24, 2.45) is 0 Å². The minimum atomic E-state index is -0.550. The molecule has 0 amide bonds. The summed E-state index contributed by atoms with van der Waals surface area (Å²) in [6, 6.07) is 0. The van der Waals surface area contributed by atoms with Crippen molar-refractivity contribution in [2.75, 3.05) is 13.7 Å². The zero-order valence-corrected chi connectivity index (χ0v) is 13.3. The molecule has 0 bridgehead atoms. The summed E-state index contributed by atoms with van der Waals surface area (Å²) >= 11 is 8.21. The van der Waals surface area contributed by atoms with Crippen LogP contribution in [0.3, 0.4) is 0 Å². The van der Waals surface area contributed by atoms with Crippen LogP contribution >= 0.6 is 34.2 Å². The van der Waals surface area contributed by atoms with E-state index in [9.17, 15) is 0 Å². The van der Waals surface area contributed by atoms with Crippen molar-refractivity contribution in [3.8, 4) is 0 Å². The molecule has 0 aliphatic heterocycles. The molecule has 1 heterocycles. The van der Waals surface area contributed by atoms with Gasteiger partial charge in [-0.1, -0.05) is 11.6 Å². The highest BCUT2D eigenvalue weighted by Gasteiger charge is 2.26. The van der Waals surface area contributed by atoms with E-state index in [0.29, 0.717) is 24.2 Å². The molecule has 0 saturated carbocycles. The molecule has 0 N–H and O–H groups in total. The molecule has 0 radical (unpaired) electrons. The van der Waals surface area contributed by atoms with Crippen molar-refractivity contribution in [1.29, 1.82) is 0 Å². The summed E-state index contributed by atoms with van der Waals surface area (Å²) in [5, 5.41) is 0.440. The van der Waals surface area contributed by atoms with Crippen molar-refractivity contribution in [3.63, 3.8) is 0 Å². The molecule has 0 atom stereocenters. The maximum atomic E-state index is 6.09. The molecule has 0 fully saturated rings. The summed E-state index contributed by atoms with van der Waals surface area (Å²) in [4.78, 5) is 8.73. The molecular formula is C11H16ClIN2O2. The smallest absolute Gasteiger partial charge is 0.161 e. The molecular weight excluding hydrogens is 354 g/mol. The summed E-state index contributed by atoms with van der Waals surface area (Å²) in [5.74, 6) is 0.580. The van der Waals surface area contributed by atoms with Crippen LogP contribution in [0.5, 0.6) is 0 Å². The fraction of sp³-hybridized carbons (Fsp3) is 0.636. The number of hydrogen-bond acceptors (Lipinski definition) is 4. The zero-order valence-electron chi connectivity index (χ0n) is 10.4. The summed E-state index contributed by atoms with van der Waals surface area (Å²) in [7, 11) is 1.62. The van der Waals surface area contributed by atoms with Gasteiger partial charge in [-0.05, 0) is 43.4 Å². The standard InChI is InChI=1S/C11H16ClIN2O2/c1-5-17-11(2,3)10-14-7(6-16-4)8(13)9(12)15-10/h5-6H2,1-4H3. The van der Waals surface area contributed by atoms with Gasteiger partial charge in [0.05, 0.1) is 15.9 Å². The van der Waals surface area contributed by atoms with E-state index in [1.807, 2.05) is 20.8 Å². The van der Waals surface area contributed by atoms with Crippen LogP contribution in [-0.2, 0) is 21.7 Å². The highest BCUT2D eigenvalue weighted by molar-refractivity contribution is 14.1. The van der Waals surface area contributed by atoms with Crippen molar-refractivity contribution >= 4 is 34.2 Å². The first kappa shape index (κ1) is 15.1. The van der Waals surface area contributed by atoms with Crippen LogP contribution in [-0.4, -0.2) is 23.7 Å². The van der Waals surface area contributed by atoms with E-state index in [2.05, 4.69) is 32.6 Å². The maximum absolute atomic E-state index is 6.09. The Bertz CT molecular complexity index is 399. The normalized spacial score (nSPS) is 11.9. The molecule has 1 aromatic heterocycles. The first-order valence-corrected chi connectivity index (χ1v) is 6.73. The van der Waals surface area contributed by atoms with Gasteiger partial charge in [-0.25, -0.2) is 9.97 Å². The number of halogens is 2. The molecule has 0 aliphatic carbocycles. The van der Waals surface area contributed by atoms with E-state index in [1.54, 1.807) is 7.11 Å². The van der Waals surface area contributed by atoms with Gasteiger partial charge in [0.15, 0.2) is 5.82 Å². The first-order chi connectivity index (χ1) is 7.92. The van der Waals surface area contributed by atoms with Crippen LogP contribution in [0, 0.1) is 3.57 Å². The monoisotopic (exact) mass is 370 g/mol. The number of hydrogen-bond donors (Lipinski definition) is 0. The Morgan fingerprint density at radius 3 is 2.53 bits per heavy atom. The SMILES string of the molecule is CCOC(C)(C)c1nc(Cl)c(I)c(COC)n1. The van der Waals surface area contributed by atoms with E-state index in [-0.39, 0.29) is 0 Å². The quantitative estimate of drug-likeness (QED) is 0.590. The summed E-state index contributed by atoms with van der Waals surface area (Å²) < 4.78 is 11.5. The lowest BCUT2D eigenvalue weighted by Crippen LogP contribution is -2.26. The summed E-state index contributed by atoms with van der Waals surface area (Å²) in [6.07, 6.45) is 0. The van der Waals surface area contributed by atoms with Gasteiger partial charge in [0.1, 0.15) is 10.8 Å². The fourth-order valence-corrected chi connectivity index (χ4v) is 1.98. The highest BCUT2D eigenvalue weighted by atomic mass is 127. The second kappa shape index (κ2) is 6.26. The van der Waals surface area contributed by atoms with Gasteiger partial charge in [0.25, 0.3) is 0 Å². The third kappa shape index (κ3) is 3.74. The average Bonchev–Trinajstić information content (AvgIpc) is 2.24. The fourth-order valence-electron chi connectivity index (χ4n) is 1.39. The van der Waals surface area contributed by atoms with Crippen molar-refractivity contribution in [3.05, 3.63) is 20.2 Å². The van der Waals surface area contributed by atoms with Gasteiger partial charge in [-0.3, -0.25) is 0 Å². The average molecular weight is 371 g/mol. The topological polar surface area (TPSA) is 44.2 Å².